The van der Waals surface area contributed by atoms with Crippen LogP contribution in [-0.2, 0) is 16.0 Å². The minimum atomic E-state index is -1.07. The van der Waals surface area contributed by atoms with E-state index >= 15 is 0 Å². The first-order valence-corrected chi connectivity index (χ1v) is 11.7. The highest BCUT2D eigenvalue weighted by molar-refractivity contribution is 5.97. The van der Waals surface area contributed by atoms with Crippen molar-refractivity contribution in [2.45, 2.75) is 31.7 Å². The summed E-state index contributed by atoms with van der Waals surface area (Å²) in [6.07, 6.45) is 0.162. The predicted molar refractivity (Wildman–Crippen MR) is 132 cm³/mol. The minimum absolute atomic E-state index is 0.0154. The summed E-state index contributed by atoms with van der Waals surface area (Å²) < 4.78 is 5.55. The molecule has 3 aromatic rings. The second-order valence-corrected chi connectivity index (χ2v) is 8.43. The van der Waals surface area contributed by atoms with E-state index in [0.29, 0.717) is 17.5 Å². The Kier molecular flexibility index (Phi) is 7.45. The molecule has 180 valence electrons. The highest BCUT2D eigenvalue weighted by atomic mass is 16.5. The van der Waals surface area contributed by atoms with Gasteiger partial charge in [0.2, 0.25) is 0 Å². The van der Waals surface area contributed by atoms with Gasteiger partial charge in [0, 0.05) is 18.0 Å². The van der Waals surface area contributed by atoms with Gasteiger partial charge in [-0.2, -0.15) is 0 Å². The second kappa shape index (κ2) is 10.9. The Labute approximate surface area is 204 Å². The number of fused-ring (bicyclic) bond motifs is 3. The van der Waals surface area contributed by atoms with Crippen LogP contribution in [0.5, 0.6) is 0 Å². The smallest absolute Gasteiger partial charge is 0.407 e. The molecule has 1 unspecified atom stereocenters. The third-order valence-electron chi connectivity index (χ3n) is 6.28. The van der Waals surface area contributed by atoms with Crippen molar-refractivity contribution in [1.29, 1.82) is 0 Å². The first-order chi connectivity index (χ1) is 17.0. The highest BCUT2D eigenvalue weighted by Gasteiger charge is 2.29. The molecule has 7 nitrogen and oxygen atoms in total. The number of rotatable bonds is 9. The largest absolute Gasteiger partial charge is 0.480 e. The van der Waals surface area contributed by atoms with Gasteiger partial charge in [-0.05, 0) is 46.7 Å². The number of aliphatic carboxylic acids is 1. The molecule has 0 saturated heterocycles. The van der Waals surface area contributed by atoms with Gasteiger partial charge in [-0.3, -0.25) is 4.79 Å². The summed E-state index contributed by atoms with van der Waals surface area (Å²) >= 11 is 0. The van der Waals surface area contributed by atoms with Crippen molar-refractivity contribution in [1.82, 2.24) is 10.6 Å². The number of carboxylic acid groups (broad SMARTS) is 1. The van der Waals surface area contributed by atoms with Crippen molar-refractivity contribution in [3.8, 4) is 11.1 Å². The molecule has 35 heavy (non-hydrogen) atoms. The third-order valence-corrected chi connectivity index (χ3v) is 6.28. The highest BCUT2D eigenvalue weighted by Crippen LogP contribution is 2.44. The number of benzene rings is 3. The summed E-state index contributed by atoms with van der Waals surface area (Å²) in [4.78, 5) is 36.3. The average molecular weight is 473 g/mol. The van der Waals surface area contributed by atoms with E-state index in [0.717, 1.165) is 11.1 Å². The average Bonchev–Trinajstić information content (AvgIpc) is 3.19. The number of nitrogens with one attached hydrogen (secondary N) is 2. The van der Waals surface area contributed by atoms with Crippen LogP contribution in [0.25, 0.3) is 11.1 Å². The van der Waals surface area contributed by atoms with Gasteiger partial charge < -0.3 is 20.5 Å². The van der Waals surface area contributed by atoms with Crippen molar-refractivity contribution >= 4 is 18.0 Å². The fourth-order valence-corrected chi connectivity index (χ4v) is 4.48. The summed E-state index contributed by atoms with van der Waals surface area (Å²) in [5.41, 5.74) is 5.73. The molecule has 3 N–H and O–H groups in total. The lowest BCUT2D eigenvalue weighted by Gasteiger charge is -2.16. The van der Waals surface area contributed by atoms with Gasteiger partial charge in [0.1, 0.15) is 12.6 Å². The molecule has 1 aliphatic carbocycles. The first-order valence-electron chi connectivity index (χ1n) is 11.7. The first kappa shape index (κ1) is 24.0. The predicted octanol–water partition coefficient (Wildman–Crippen LogP) is 4.36. The molecule has 1 aliphatic rings. The van der Waals surface area contributed by atoms with Crippen molar-refractivity contribution in [2.75, 3.05) is 13.2 Å². The normalized spacial score (nSPS) is 12.8. The molecule has 0 spiro atoms. The lowest BCUT2D eigenvalue weighted by Crippen LogP contribution is -2.40. The standard InChI is InChI=1S/C28H28N2O5/c1-2-25(27(32)33)30-26(31)19-10-4-3-9-18(19)15-16-29-28(34)35-17-24-22-13-7-5-11-20(22)21-12-6-8-14-23(21)24/h3-14,24-25H,2,15-17H2,1H3,(H,29,34)(H,30,31)(H,32,33). The number of carbonyl (C=O) groups excluding carboxylic acids is 2. The monoisotopic (exact) mass is 472 g/mol. The maximum absolute atomic E-state index is 12.6. The Morgan fingerprint density at radius 1 is 0.914 bits per heavy atom. The summed E-state index contributed by atoms with van der Waals surface area (Å²) in [5, 5.41) is 14.5. The van der Waals surface area contributed by atoms with E-state index in [4.69, 9.17) is 4.74 Å². The number of amides is 2. The van der Waals surface area contributed by atoms with Gasteiger partial charge in [0.15, 0.2) is 0 Å². The fourth-order valence-electron chi connectivity index (χ4n) is 4.48. The number of carboxylic acids is 1. The van der Waals surface area contributed by atoms with Crippen molar-refractivity contribution in [2.24, 2.45) is 0 Å². The van der Waals surface area contributed by atoms with Crippen LogP contribution >= 0.6 is 0 Å². The van der Waals surface area contributed by atoms with Crippen LogP contribution in [0.1, 0.15) is 46.3 Å². The topological polar surface area (TPSA) is 105 Å². The van der Waals surface area contributed by atoms with Gasteiger partial charge in [-0.15, -0.1) is 0 Å². The van der Waals surface area contributed by atoms with Crippen LogP contribution in [0.4, 0.5) is 4.79 Å². The zero-order valence-electron chi connectivity index (χ0n) is 19.5. The molecule has 7 heteroatoms. The van der Waals surface area contributed by atoms with Crippen LogP contribution in [0.2, 0.25) is 0 Å². The maximum Gasteiger partial charge on any atom is 0.407 e. The van der Waals surface area contributed by atoms with Gasteiger partial charge in [0.25, 0.3) is 5.91 Å². The van der Waals surface area contributed by atoms with Gasteiger partial charge in [-0.1, -0.05) is 73.7 Å². The van der Waals surface area contributed by atoms with E-state index in [2.05, 4.69) is 34.9 Å². The van der Waals surface area contributed by atoms with E-state index in [-0.39, 0.29) is 25.5 Å². The summed E-state index contributed by atoms with van der Waals surface area (Å²) in [6.45, 7) is 2.20. The van der Waals surface area contributed by atoms with E-state index < -0.39 is 24.0 Å². The van der Waals surface area contributed by atoms with Crippen LogP contribution < -0.4 is 10.6 Å². The molecular weight excluding hydrogens is 444 g/mol. The molecule has 4 rings (SSSR count). The van der Waals surface area contributed by atoms with Crippen LogP contribution in [0.15, 0.2) is 72.8 Å². The zero-order chi connectivity index (χ0) is 24.8. The molecule has 0 heterocycles. The van der Waals surface area contributed by atoms with E-state index in [9.17, 15) is 19.5 Å². The molecule has 0 fully saturated rings. The van der Waals surface area contributed by atoms with Crippen LogP contribution in [0.3, 0.4) is 0 Å². The van der Waals surface area contributed by atoms with Crippen molar-refractivity contribution in [3.05, 3.63) is 95.1 Å². The molecule has 0 aromatic heterocycles. The molecule has 0 saturated carbocycles. The maximum atomic E-state index is 12.6. The number of alkyl carbamates (subject to hydrolysis) is 1. The van der Waals surface area contributed by atoms with Crippen molar-refractivity contribution < 1.29 is 24.2 Å². The van der Waals surface area contributed by atoms with Crippen LogP contribution in [0, 0.1) is 0 Å². The van der Waals surface area contributed by atoms with Gasteiger partial charge in [-0.25, -0.2) is 9.59 Å². The van der Waals surface area contributed by atoms with E-state index in [1.807, 2.05) is 24.3 Å². The summed E-state index contributed by atoms with van der Waals surface area (Å²) in [5.74, 6) is -1.54. The number of carbonyl (C=O) groups is 3. The second-order valence-electron chi connectivity index (χ2n) is 8.43. The lowest BCUT2D eigenvalue weighted by molar-refractivity contribution is -0.139. The van der Waals surface area contributed by atoms with Gasteiger partial charge in [0.05, 0.1) is 0 Å². The van der Waals surface area contributed by atoms with E-state index in [1.54, 1.807) is 31.2 Å². The SMILES string of the molecule is CCC(NC(=O)c1ccccc1CCNC(=O)OCC1c2ccccc2-c2ccccc21)C(=O)O. The van der Waals surface area contributed by atoms with Gasteiger partial charge >= 0.3 is 12.1 Å². The van der Waals surface area contributed by atoms with Crippen LogP contribution in [-0.4, -0.2) is 42.3 Å². The van der Waals surface area contributed by atoms with Crippen molar-refractivity contribution in [3.63, 3.8) is 0 Å². The third kappa shape index (κ3) is 5.35. The number of hydrogen-bond donors (Lipinski definition) is 3. The fraction of sp³-hybridized carbons (Fsp3) is 0.250. The Morgan fingerprint density at radius 3 is 2.14 bits per heavy atom. The Balaban J connectivity index is 1.32. The summed E-state index contributed by atoms with van der Waals surface area (Å²) in [7, 11) is 0. The molecule has 1 atom stereocenters. The molecule has 3 aromatic carbocycles. The molecular formula is C28H28N2O5. The lowest BCUT2D eigenvalue weighted by atomic mass is 9.98. The molecule has 0 bridgehead atoms. The number of hydrogen-bond acceptors (Lipinski definition) is 4. The quantitative estimate of drug-likeness (QED) is 0.429. The summed E-state index contributed by atoms with van der Waals surface area (Å²) in [6, 6.07) is 22.3. The Hall–Kier alpha value is -4.13. The molecule has 0 radical (unpaired) electrons. The zero-order valence-corrected chi connectivity index (χ0v) is 19.5. The molecule has 0 aliphatic heterocycles. The Morgan fingerprint density at radius 2 is 1.51 bits per heavy atom. The number of ether oxygens (including phenoxy) is 1. The minimum Gasteiger partial charge on any atom is -0.480 e. The Bertz CT molecular complexity index is 1190. The molecule has 2 amide bonds. The van der Waals surface area contributed by atoms with E-state index in [1.165, 1.54) is 11.1 Å².